The monoisotopic (exact) mass is 328 g/mol. The third-order valence-corrected chi connectivity index (χ3v) is 5.11. The molecule has 0 aliphatic carbocycles. The van der Waals surface area contributed by atoms with Crippen molar-refractivity contribution in [3.63, 3.8) is 0 Å². The first-order valence-corrected chi connectivity index (χ1v) is 9.13. The molecule has 1 aromatic rings. The van der Waals surface area contributed by atoms with Gasteiger partial charge in [0.25, 0.3) is 0 Å². The van der Waals surface area contributed by atoms with E-state index in [0.29, 0.717) is 0 Å². The van der Waals surface area contributed by atoms with Crippen molar-refractivity contribution >= 4 is 17.4 Å². The van der Waals surface area contributed by atoms with Crippen LogP contribution in [0.4, 0.5) is 5.69 Å². The van der Waals surface area contributed by atoms with E-state index < -0.39 is 0 Å². The molecule has 24 heavy (non-hydrogen) atoms. The lowest BCUT2D eigenvalue weighted by atomic mass is 9.88. The highest BCUT2D eigenvalue weighted by Gasteiger charge is 2.41. The molecular formula is C20H28N2O2. The fourth-order valence-electron chi connectivity index (χ4n) is 4.00. The number of nitrogens with one attached hydrogen (secondary N) is 1. The summed E-state index contributed by atoms with van der Waals surface area (Å²) in [6.07, 6.45) is 3.26. The van der Waals surface area contributed by atoms with E-state index in [-0.39, 0.29) is 35.7 Å². The average molecular weight is 328 g/mol. The fraction of sp³-hybridized carbons (Fsp3) is 0.600. The zero-order chi connectivity index (χ0) is 17.4. The van der Waals surface area contributed by atoms with Gasteiger partial charge in [-0.05, 0) is 36.8 Å². The van der Waals surface area contributed by atoms with Gasteiger partial charge < -0.3 is 5.32 Å². The molecule has 0 spiro atoms. The van der Waals surface area contributed by atoms with Crippen LogP contribution in [0, 0.1) is 5.92 Å². The summed E-state index contributed by atoms with van der Waals surface area (Å²) in [7, 11) is 0. The summed E-state index contributed by atoms with van der Waals surface area (Å²) in [5.74, 6) is 0.180. The Morgan fingerprint density at radius 1 is 1.12 bits per heavy atom. The Morgan fingerprint density at radius 3 is 2.33 bits per heavy atom. The van der Waals surface area contributed by atoms with Gasteiger partial charge in [-0.25, -0.2) is 0 Å². The van der Waals surface area contributed by atoms with E-state index in [1.165, 1.54) is 11.1 Å². The number of Topliss-reactive ketones (excluding diaryl/α,β-unsaturated/α-hetero) is 1. The van der Waals surface area contributed by atoms with Crippen molar-refractivity contribution in [2.24, 2.45) is 5.92 Å². The van der Waals surface area contributed by atoms with Gasteiger partial charge in [-0.15, -0.1) is 0 Å². The second-order valence-corrected chi connectivity index (χ2v) is 7.66. The minimum Gasteiger partial charge on any atom is -0.304 e. The molecule has 0 saturated heterocycles. The summed E-state index contributed by atoms with van der Waals surface area (Å²) in [5, 5.41) is 3.40. The van der Waals surface area contributed by atoms with Crippen LogP contribution in [0.3, 0.4) is 0 Å². The molecule has 1 amide bonds. The van der Waals surface area contributed by atoms with E-state index >= 15 is 0 Å². The maximum atomic E-state index is 13.3. The first-order chi connectivity index (χ1) is 11.4. The predicted octanol–water partition coefficient (Wildman–Crippen LogP) is 2.87. The molecule has 4 heteroatoms. The highest BCUT2D eigenvalue weighted by Crippen LogP contribution is 2.38. The van der Waals surface area contributed by atoms with Crippen LogP contribution in [0.5, 0.6) is 0 Å². The molecule has 2 heterocycles. The number of ketones is 1. The van der Waals surface area contributed by atoms with Gasteiger partial charge in [0.1, 0.15) is 0 Å². The summed E-state index contributed by atoms with van der Waals surface area (Å²) < 4.78 is 0. The smallest absolute Gasteiger partial charge is 0.244 e. The molecule has 0 unspecified atom stereocenters. The number of carbonyl (C=O) groups is 2. The van der Waals surface area contributed by atoms with Crippen LogP contribution in [0.2, 0.25) is 0 Å². The number of benzene rings is 1. The van der Waals surface area contributed by atoms with Crippen molar-refractivity contribution < 1.29 is 9.59 Å². The van der Waals surface area contributed by atoms with Crippen LogP contribution in [-0.4, -0.2) is 29.8 Å². The van der Waals surface area contributed by atoms with E-state index in [2.05, 4.69) is 37.4 Å². The SMILES string of the molecule is CC(C)N[C@H]1CCc2cccc3c2N(C1=O)[C@H](C(=O)C(C)C)CC3. The zero-order valence-electron chi connectivity index (χ0n) is 15.1. The Hall–Kier alpha value is -1.68. The first-order valence-electron chi connectivity index (χ1n) is 9.13. The van der Waals surface area contributed by atoms with Crippen molar-refractivity contribution in [2.45, 2.75) is 71.5 Å². The number of para-hydroxylation sites is 1. The standard InChI is InChI=1S/C20H28N2O2/c1-12(2)19(23)17-11-9-15-7-5-6-14-8-10-16(21-13(3)4)20(24)22(17)18(14)15/h5-7,12-13,16-17,21H,8-11H2,1-4H3/t16-,17-/m0/s1. The minimum absolute atomic E-state index is 0.0590. The van der Waals surface area contributed by atoms with Crippen LogP contribution in [0.1, 0.15) is 51.7 Å². The number of rotatable bonds is 4. The molecule has 130 valence electrons. The van der Waals surface area contributed by atoms with Crippen molar-refractivity contribution in [2.75, 3.05) is 4.90 Å². The first kappa shape index (κ1) is 17.2. The van der Waals surface area contributed by atoms with Gasteiger partial charge in [0.05, 0.1) is 17.8 Å². The quantitative estimate of drug-likeness (QED) is 0.924. The van der Waals surface area contributed by atoms with E-state index in [1.54, 1.807) is 0 Å². The van der Waals surface area contributed by atoms with Crippen molar-refractivity contribution in [3.8, 4) is 0 Å². The summed E-state index contributed by atoms with van der Waals surface area (Å²) in [5.41, 5.74) is 3.43. The number of amides is 1. The molecule has 2 aliphatic heterocycles. The highest BCUT2D eigenvalue weighted by atomic mass is 16.2. The second kappa shape index (κ2) is 6.67. The Bertz CT molecular complexity index is 651. The van der Waals surface area contributed by atoms with Crippen LogP contribution < -0.4 is 10.2 Å². The normalized spacial score (nSPS) is 23.4. The van der Waals surface area contributed by atoms with Crippen LogP contribution in [0.15, 0.2) is 18.2 Å². The van der Waals surface area contributed by atoms with Crippen LogP contribution in [-0.2, 0) is 22.4 Å². The molecule has 0 aromatic heterocycles. The lowest BCUT2D eigenvalue weighted by Gasteiger charge is -2.39. The Labute approximate surface area is 144 Å². The number of aryl methyl sites for hydroxylation is 2. The molecule has 2 aliphatic rings. The molecule has 0 bridgehead atoms. The van der Waals surface area contributed by atoms with Crippen LogP contribution >= 0.6 is 0 Å². The van der Waals surface area contributed by atoms with Gasteiger partial charge in [0, 0.05) is 12.0 Å². The molecule has 4 nitrogen and oxygen atoms in total. The maximum absolute atomic E-state index is 13.3. The molecule has 0 saturated carbocycles. The van der Waals surface area contributed by atoms with E-state index in [9.17, 15) is 9.59 Å². The molecule has 2 atom stereocenters. The number of carbonyl (C=O) groups excluding carboxylic acids is 2. The number of hydrogen-bond acceptors (Lipinski definition) is 3. The van der Waals surface area contributed by atoms with E-state index in [4.69, 9.17) is 0 Å². The van der Waals surface area contributed by atoms with Crippen LogP contribution in [0.25, 0.3) is 0 Å². The number of hydrogen-bond donors (Lipinski definition) is 1. The summed E-state index contributed by atoms with van der Waals surface area (Å²) >= 11 is 0. The lowest BCUT2D eigenvalue weighted by Crippen LogP contribution is -2.55. The highest BCUT2D eigenvalue weighted by molar-refractivity contribution is 6.06. The Kier molecular flexibility index (Phi) is 4.77. The van der Waals surface area contributed by atoms with Gasteiger partial charge in [-0.1, -0.05) is 45.9 Å². The minimum atomic E-state index is -0.319. The van der Waals surface area contributed by atoms with Gasteiger partial charge in [-0.2, -0.15) is 0 Å². The van der Waals surface area contributed by atoms with Gasteiger partial charge >= 0.3 is 0 Å². The predicted molar refractivity (Wildman–Crippen MR) is 96.3 cm³/mol. The second-order valence-electron chi connectivity index (χ2n) is 7.66. The summed E-state index contributed by atoms with van der Waals surface area (Å²) in [6.45, 7) is 7.97. The zero-order valence-corrected chi connectivity index (χ0v) is 15.1. The largest absolute Gasteiger partial charge is 0.304 e. The van der Waals surface area contributed by atoms with E-state index in [1.807, 2.05) is 18.7 Å². The fourth-order valence-corrected chi connectivity index (χ4v) is 4.00. The molecule has 1 aromatic carbocycles. The average Bonchev–Trinajstić information content (AvgIpc) is 2.67. The molecule has 0 fully saturated rings. The maximum Gasteiger partial charge on any atom is 0.244 e. The molecular weight excluding hydrogens is 300 g/mol. The topological polar surface area (TPSA) is 49.4 Å². The molecule has 0 radical (unpaired) electrons. The summed E-state index contributed by atoms with van der Waals surface area (Å²) in [4.78, 5) is 27.9. The van der Waals surface area contributed by atoms with Crippen molar-refractivity contribution in [3.05, 3.63) is 29.3 Å². The third-order valence-electron chi connectivity index (χ3n) is 5.11. The Balaban J connectivity index is 2.06. The Morgan fingerprint density at radius 2 is 1.75 bits per heavy atom. The molecule has 3 rings (SSSR count). The summed E-state index contributed by atoms with van der Waals surface area (Å²) in [6, 6.07) is 6.00. The van der Waals surface area contributed by atoms with Gasteiger partial charge in [-0.3, -0.25) is 14.5 Å². The lowest BCUT2D eigenvalue weighted by molar-refractivity contribution is -0.128. The third kappa shape index (κ3) is 3.00. The van der Waals surface area contributed by atoms with E-state index in [0.717, 1.165) is 31.4 Å². The van der Waals surface area contributed by atoms with Crippen molar-refractivity contribution in [1.29, 1.82) is 0 Å². The molecule has 1 N–H and O–H groups in total. The van der Waals surface area contributed by atoms with Gasteiger partial charge in [0.2, 0.25) is 5.91 Å². The number of anilines is 1. The number of nitrogens with zero attached hydrogens (tertiary/aromatic N) is 1. The van der Waals surface area contributed by atoms with Gasteiger partial charge in [0.15, 0.2) is 5.78 Å². The van der Waals surface area contributed by atoms with Crippen molar-refractivity contribution in [1.82, 2.24) is 5.32 Å².